The monoisotopic (exact) mass is 178 g/mol. The van der Waals surface area contributed by atoms with Crippen LogP contribution in [0, 0.1) is 17.2 Å². The third-order valence-electron chi connectivity index (χ3n) is 1.95. The standard InChI is InChI=1S/C10H14N2O/c1-7(2)5-10(13)12-9(6-11)8-3-4-8/h5,8-9H,3-4H2,1-2H3,(H,12,13). The predicted molar refractivity (Wildman–Crippen MR) is 49.7 cm³/mol. The van der Waals surface area contributed by atoms with Crippen LogP contribution in [0.4, 0.5) is 0 Å². The van der Waals surface area contributed by atoms with Gasteiger partial charge in [-0.1, -0.05) is 5.57 Å². The predicted octanol–water partition coefficient (Wildman–Crippen LogP) is 1.37. The lowest BCUT2D eigenvalue weighted by atomic mass is 10.2. The number of nitrogens with one attached hydrogen (secondary N) is 1. The number of nitrogens with zero attached hydrogens (tertiary/aromatic N) is 1. The lowest BCUT2D eigenvalue weighted by molar-refractivity contribution is -0.117. The van der Waals surface area contributed by atoms with E-state index in [1.807, 2.05) is 13.8 Å². The van der Waals surface area contributed by atoms with Gasteiger partial charge in [0.15, 0.2) is 0 Å². The first kappa shape index (κ1) is 9.79. The van der Waals surface area contributed by atoms with Crippen LogP contribution < -0.4 is 5.32 Å². The second-order valence-electron chi connectivity index (χ2n) is 3.67. The van der Waals surface area contributed by atoms with E-state index in [2.05, 4.69) is 11.4 Å². The van der Waals surface area contributed by atoms with Crippen LogP contribution in [-0.4, -0.2) is 11.9 Å². The number of nitriles is 1. The Labute approximate surface area is 78.4 Å². The zero-order valence-electron chi connectivity index (χ0n) is 8.00. The molecular weight excluding hydrogens is 164 g/mol. The summed E-state index contributed by atoms with van der Waals surface area (Å²) in [5, 5.41) is 11.4. The Balaban J connectivity index is 2.42. The number of amides is 1. The molecule has 0 radical (unpaired) electrons. The van der Waals surface area contributed by atoms with Gasteiger partial charge in [-0.15, -0.1) is 0 Å². The second kappa shape index (κ2) is 4.08. The molecule has 1 amide bonds. The van der Waals surface area contributed by atoms with Gasteiger partial charge in [0.2, 0.25) is 5.91 Å². The van der Waals surface area contributed by atoms with Crippen molar-refractivity contribution in [1.29, 1.82) is 5.26 Å². The fourth-order valence-corrected chi connectivity index (χ4v) is 1.14. The number of allylic oxidation sites excluding steroid dienone is 1. The topological polar surface area (TPSA) is 52.9 Å². The van der Waals surface area contributed by atoms with E-state index in [1.165, 1.54) is 6.08 Å². The molecule has 1 unspecified atom stereocenters. The molecule has 1 N–H and O–H groups in total. The summed E-state index contributed by atoms with van der Waals surface area (Å²) in [5.74, 6) is 0.234. The number of hydrogen-bond acceptors (Lipinski definition) is 2. The van der Waals surface area contributed by atoms with Crippen LogP contribution in [0.5, 0.6) is 0 Å². The fourth-order valence-electron chi connectivity index (χ4n) is 1.14. The minimum absolute atomic E-state index is 0.154. The fraction of sp³-hybridized carbons (Fsp3) is 0.600. The average Bonchev–Trinajstić information content (AvgIpc) is 2.81. The van der Waals surface area contributed by atoms with Gasteiger partial charge in [0.25, 0.3) is 0 Å². The van der Waals surface area contributed by atoms with Gasteiger partial charge in [0, 0.05) is 6.08 Å². The van der Waals surface area contributed by atoms with Crippen LogP contribution in [0.3, 0.4) is 0 Å². The van der Waals surface area contributed by atoms with Crippen molar-refractivity contribution in [2.24, 2.45) is 5.92 Å². The van der Waals surface area contributed by atoms with E-state index in [9.17, 15) is 4.79 Å². The lowest BCUT2D eigenvalue weighted by Gasteiger charge is -2.07. The maximum Gasteiger partial charge on any atom is 0.244 e. The molecule has 0 aliphatic heterocycles. The number of carbonyl (C=O) groups is 1. The molecule has 0 saturated heterocycles. The van der Waals surface area contributed by atoms with E-state index in [1.54, 1.807) is 0 Å². The first-order valence-corrected chi connectivity index (χ1v) is 4.48. The molecule has 1 aliphatic carbocycles. The zero-order valence-corrected chi connectivity index (χ0v) is 8.00. The Kier molecular flexibility index (Phi) is 3.07. The molecule has 0 heterocycles. The molecule has 3 nitrogen and oxygen atoms in total. The van der Waals surface area contributed by atoms with Gasteiger partial charge in [-0.05, 0) is 32.6 Å². The largest absolute Gasteiger partial charge is 0.337 e. The van der Waals surface area contributed by atoms with Gasteiger partial charge >= 0.3 is 0 Å². The minimum Gasteiger partial charge on any atom is -0.337 e. The van der Waals surface area contributed by atoms with E-state index in [0.717, 1.165) is 18.4 Å². The molecule has 13 heavy (non-hydrogen) atoms. The van der Waals surface area contributed by atoms with Crippen LogP contribution in [0.2, 0.25) is 0 Å². The zero-order chi connectivity index (χ0) is 9.84. The van der Waals surface area contributed by atoms with Crippen molar-refractivity contribution >= 4 is 5.91 Å². The molecule has 1 aliphatic rings. The van der Waals surface area contributed by atoms with Crippen LogP contribution in [0.15, 0.2) is 11.6 Å². The van der Waals surface area contributed by atoms with E-state index >= 15 is 0 Å². The van der Waals surface area contributed by atoms with E-state index in [4.69, 9.17) is 5.26 Å². The smallest absolute Gasteiger partial charge is 0.244 e. The highest BCUT2D eigenvalue weighted by molar-refractivity contribution is 5.88. The summed E-state index contributed by atoms with van der Waals surface area (Å²) < 4.78 is 0. The quantitative estimate of drug-likeness (QED) is 0.663. The highest BCUT2D eigenvalue weighted by Crippen LogP contribution is 2.32. The Hall–Kier alpha value is -1.30. The summed E-state index contributed by atoms with van der Waals surface area (Å²) in [7, 11) is 0. The van der Waals surface area contributed by atoms with Crippen molar-refractivity contribution in [2.75, 3.05) is 0 Å². The van der Waals surface area contributed by atoms with Crippen LogP contribution in [0.1, 0.15) is 26.7 Å². The molecule has 0 aromatic rings. The SMILES string of the molecule is CC(C)=CC(=O)NC(C#N)C1CC1. The highest BCUT2D eigenvalue weighted by atomic mass is 16.1. The van der Waals surface area contributed by atoms with Gasteiger partial charge in [0.05, 0.1) is 6.07 Å². The van der Waals surface area contributed by atoms with E-state index in [-0.39, 0.29) is 11.9 Å². The summed E-state index contributed by atoms with van der Waals surface area (Å²) in [4.78, 5) is 11.2. The Bertz CT molecular complexity index is 267. The molecule has 3 heteroatoms. The number of carbonyl (C=O) groups excluding carboxylic acids is 1. The first-order valence-electron chi connectivity index (χ1n) is 4.48. The number of hydrogen-bond donors (Lipinski definition) is 1. The van der Waals surface area contributed by atoms with Gasteiger partial charge in [-0.2, -0.15) is 5.26 Å². The van der Waals surface area contributed by atoms with Crippen LogP contribution >= 0.6 is 0 Å². The molecule has 0 spiro atoms. The minimum atomic E-state index is -0.289. The van der Waals surface area contributed by atoms with Crippen LogP contribution in [0.25, 0.3) is 0 Å². The van der Waals surface area contributed by atoms with Gasteiger partial charge < -0.3 is 5.32 Å². The third kappa shape index (κ3) is 3.29. The van der Waals surface area contributed by atoms with E-state index in [0.29, 0.717) is 5.92 Å². The van der Waals surface area contributed by atoms with Gasteiger partial charge in [0.1, 0.15) is 6.04 Å². The molecule has 1 saturated carbocycles. The summed E-state index contributed by atoms with van der Waals surface area (Å²) in [6.45, 7) is 3.72. The van der Waals surface area contributed by atoms with Crippen molar-refractivity contribution in [2.45, 2.75) is 32.7 Å². The molecule has 1 fully saturated rings. The summed E-state index contributed by atoms with van der Waals surface area (Å²) in [6, 6.07) is 1.82. The molecular formula is C10H14N2O. The summed E-state index contributed by atoms with van der Waals surface area (Å²) in [6.07, 6.45) is 3.65. The Morgan fingerprint density at radius 1 is 1.62 bits per heavy atom. The normalized spacial score (nSPS) is 17.0. The molecule has 70 valence electrons. The van der Waals surface area contributed by atoms with Gasteiger partial charge in [-0.25, -0.2) is 0 Å². The van der Waals surface area contributed by atoms with Crippen LogP contribution in [-0.2, 0) is 4.79 Å². The first-order chi connectivity index (χ1) is 6.13. The average molecular weight is 178 g/mol. The molecule has 0 aromatic carbocycles. The third-order valence-corrected chi connectivity index (χ3v) is 1.95. The number of rotatable bonds is 3. The molecule has 1 rings (SSSR count). The van der Waals surface area contributed by atoms with E-state index < -0.39 is 0 Å². The highest BCUT2D eigenvalue weighted by Gasteiger charge is 2.31. The Morgan fingerprint density at radius 3 is 2.62 bits per heavy atom. The van der Waals surface area contributed by atoms with Crippen molar-refractivity contribution in [3.8, 4) is 6.07 Å². The molecule has 1 atom stereocenters. The van der Waals surface area contributed by atoms with Crippen molar-refractivity contribution in [3.63, 3.8) is 0 Å². The summed E-state index contributed by atoms with van der Waals surface area (Å²) >= 11 is 0. The second-order valence-corrected chi connectivity index (χ2v) is 3.67. The van der Waals surface area contributed by atoms with Crippen molar-refractivity contribution in [3.05, 3.63) is 11.6 Å². The maximum absolute atomic E-state index is 11.2. The lowest BCUT2D eigenvalue weighted by Crippen LogP contribution is -2.34. The van der Waals surface area contributed by atoms with Crippen molar-refractivity contribution in [1.82, 2.24) is 5.32 Å². The van der Waals surface area contributed by atoms with Gasteiger partial charge in [-0.3, -0.25) is 4.79 Å². The summed E-state index contributed by atoms with van der Waals surface area (Å²) in [5.41, 5.74) is 0.949. The van der Waals surface area contributed by atoms with Crippen molar-refractivity contribution < 1.29 is 4.79 Å². The molecule has 0 aromatic heterocycles. The Morgan fingerprint density at radius 2 is 2.23 bits per heavy atom. The molecule has 0 bridgehead atoms. The maximum atomic E-state index is 11.2.